The van der Waals surface area contributed by atoms with Crippen LogP contribution in [0.4, 0.5) is 5.82 Å². The van der Waals surface area contributed by atoms with Crippen molar-refractivity contribution >= 4 is 47.4 Å². The van der Waals surface area contributed by atoms with Gasteiger partial charge in [0.05, 0.1) is 34.1 Å². The minimum absolute atomic E-state index is 0.187. The van der Waals surface area contributed by atoms with Crippen molar-refractivity contribution in [2.75, 3.05) is 12.0 Å². The van der Waals surface area contributed by atoms with Crippen molar-refractivity contribution in [3.8, 4) is 0 Å². The van der Waals surface area contributed by atoms with Crippen LogP contribution in [0.15, 0.2) is 29.6 Å². The van der Waals surface area contributed by atoms with Gasteiger partial charge in [-0.3, -0.25) is 10.2 Å². The monoisotopic (exact) mass is 376 g/mol. The summed E-state index contributed by atoms with van der Waals surface area (Å²) in [6.07, 6.45) is 4.38. The van der Waals surface area contributed by atoms with E-state index in [4.69, 9.17) is 28.6 Å². The number of carbonyl (C=O) groups excluding carboxylic acids is 1. The molecule has 1 aromatic carbocycles. The van der Waals surface area contributed by atoms with Gasteiger partial charge in [0.25, 0.3) is 5.91 Å². The predicted molar refractivity (Wildman–Crippen MR) is 97.8 cm³/mol. The lowest BCUT2D eigenvalue weighted by molar-refractivity contribution is 0.0732. The van der Waals surface area contributed by atoms with Crippen LogP contribution in [-0.4, -0.2) is 39.7 Å². The molecule has 0 saturated carbocycles. The number of halogens is 2. The fourth-order valence-electron chi connectivity index (χ4n) is 2.60. The average Bonchev–Trinajstić information content (AvgIpc) is 2.63. The summed E-state index contributed by atoms with van der Waals surface area (Å²) in [6.45, 7) is 0.855. The molecule has 2 heterocycles. The van der Waals surface area contributed by atoms with Crippen LogP contribution in [-0.2, 0) is 13.0 Å². The van der Waals surface area contributed by atoms with Crippen molar-refractivity contribution in [1.29, 1.82) is 5.41 Å². The fraction of sp³-hybridized carbons (Fsp3) is 0.188. The second-order valence-corrected chi connectivity index (χ2v) is 6.07. The third-order valence-corrected chi connectivity index (χ3v) is 4.61. The lowest BCUT2D eigenvalue weighted by Gasteiger charge is -2.29. The molecule has 1 amide bonds. The number of amides is 1. The fourth-order valence-corrected chi connectivity index (χ4v) is 2.98. The van der Waals surface area contributed by atoms with E-state index in [1.807, 2.05) is 0 Å². The molecule has 0 bridgehead atoms. The van der Waals surface area contributed by atoms with E-state index < -0.39 is 0 Å². The number of nitrogens with zero attached hydrogens (tertiary/aromatic N) is 4. The smallest absolute Gasteiger partial charge is 0.255 e. The Morgan fingerprint density at radius 1 is 1.36 bits per heavy atom. The number of anilines is 1. The summed E-state index contributed by atoms with van der Waals surface area (Å²) in [5, 5.41) is 11.4. The number of hydrazone groups is 1. The molecule has 1 aliphatic rings. The van der Waals surface area contributed by atoms with Crippen molar-refractivity contribution in [2.24, 2.45) is 5.10 Å². The zero-order valence-corrected chi connectivity index (χ0v) is 14.6. The quantitative estimate of drug-likeness (QED) is 0.633. The number of hydrogen-bond acceptors (Lipinski definition) is 6. The van der Waals surface area contributed by atoms with E-state index in [1.54, 1.807) is 23.1 Å². The van der Waals surface area contributed by atoms with Gasteiger partial charge in [-0.25, -0.2) is 9.97 Å². The first-order valence-electron chi connectivity index (χ1n) is 7.46. The SMILES string of the molecule is N=C/C=N\Nc1ncnc2c1CCN(C(=O)c1cccc(Cl)c1Cl)C2. The number of hydrogen-bond donors (Lipinski definition) is 2. The van der Waals surface area contributed by atoms with Gasteiger partial charge >= 0.3 is 0 Å². The Bertz CT molecular complexity index is 855. The molecule has 0 aliphatic carbocycles. The van der Waals surface area contributed by atoms with Gasteiger partial charge in [0.2, 0.25) is 0 Å². The van der Waals surface area contributed by atoms with E-state index in [-0.39, 0.29) is 10.9 Å². The van der Waals surface area contributed by atoms with Crippen molar-refractivity contribution in [2.45, 2.75) is 13.0 Å². The van der Waals surface area contributed by atoms with E-state index in [9.17, 15) is 4.79 Å². The van der Waals surface area contributed by atoms with Crippen LogP contribution in [0, 0.1) is 5.41 Å². The van der Waals surface area contributed by atoms with Gasteiger partial charge in [0.15, 0.2) is 5.82 Å². The van der Waals surface area contributed by atoms with E-state index >= 15 is 0 Å². The van der Waals surface area contributed by atoms with Crippen molar-refractivity contribution < 1.29 is 4.79 Å². The number of benzene rings is 1. The van der Waals surface area contributed by atoms with Crippen LogP contribution in [0.2, 0.25) is 10.0 Å². The molecule has 0 radical (unpaired) electrons. The van der Waals surface area contributed by atoms with Crippen LogP contribution >= 0.6 is 23.2 Å². The first-order chi connectivity index (χ1) is 12.1. The lowest BCUT2D eigenvalue weighted by Crippen LogP contribution is -2.37. The molecule has 0 unspecified atom stereocenters. The van der Waals surface area contributed by atoms with Gasteiger partial charge in [-0.15, -0.1) is 0 Å². The lowest BCUT2D eigenvalue weighted by atomic mass is 10.0. The molecule has 1 aliphatic heterocycles. The maximum absolute atomic E-state index is 12.8. The maximum atomic E-state index is 12.8. The number of carbonyl (C=O) groups is 1. The zero-order chi connectivity index (χ0) is 17.8. The summed E-state index contributed by atoms with van der Waals surface area (Å²) in [6, 6.07) is 5.00. The van der Waals surface area contributed by atoms with Crippen molar-refractivity contribution in [3.63, 3.8) is 0 Å². The standard InChI is InChI=1S/C16H14Cl2N6O/c17-12-3-1-2-11(14(12)18)16(25)24-7-4-10-13(8-24)20-9-21-15(10)23-22-6-5-19/h1-3,5-6,9,19H,4,7-8H2,(H,20,21,23)/b19-5?,22-6-. The second kappa shape index (κ2) is 7.58. The van der Waals surface area contributed by atoms with Gasteiger partial charge in [0.1, 0.15) is 6.33 Å². The molecule has 7 nitrogen and oxygen atoms in total. The topological polar surface area (TPSA) is 94.3 Å². The molecule has 0 atom stereocenters. The number of aromatic nitrogens is 2. The highest BCUT2D eigenvalue weighted by atomic mass is 35.5. The molecule has 3 rings (SSSR count). The molecular weight excluding hydrogens is 363 g/mol. The molecule has 0 saturated heterocycles. The van der Waals surface area contributed by atoms with Gasteiger partial charge in [-0.05, 0) is 18.6 Å². The minimum atomic E-state index is -0.187. The predicted octanol–water partition coefficient (Wildman–Crippen LogP) is 3.03. The summed E-state index contributed by atoms with van der Waals surface area (Å²) >= 11 is 12.2. The van der Waals surface area contributed by atoms with Gasteiger partial charge in [0, 0.05) is 18.3 Å². The Kier molecular flexibility index (Phi) is 5.25. The van der Waals surface area contributed by atoms with E-state index in [0.717, 1.165) is 17.5 Å². The van der Waals surface area contributed by atoms with Gasteiger partial charge in [-0.1, -0.05) is 29.3 Å². The highest BCUT2D eigenvalue weighted by Gasteiger charge is 2.26. The van der Waals surface area contributed by atoms with Crippen LogP contribution in [0.1, 0.15) is 21.6 Å². The summed E-state index contributed by atoms with van der Waals surface area (Å²) in [5.74, 6) is 0.393. The average molecular weight is 377 g/mol. The van der Waals surface area contributed by atoms with Gasteiger partial charge in [-0.2, -0.15) is 5.10 Å². The van der Waals surface area contributed by atoms with Crippen LogP contribution in [0.25, 0.3) is 0 Å². The summed E-state index contributed by atoms with van der Waals surface area (Å²) in [7, 11) is 0. The first kappa shape index (κ1) is 17.3. The molecule has 9 heteroatoms. The first-order valence-corrected chi connectivity index (χ1v) is 8.21. The van der Waals surface area contributed by atoms with E-state index in [0.29, 0.717) is 35.9 Å². The van der Waals surface area contributed by atoms with Crippen molar-refractivity contribution in [3.05, 3.63) is 51.4 Å². The Hall–Kier alpha value is -2.51. The van der Waals surface area contributed by atoms with E-state index in [2.05, 4.69) is 20.5 Å². The Labute approximate surface area is 154 Å². The summed E-state index contributed by atoms with van der Waals surface area (Å²) < 4.78 is 0. The maximum Gasteiger partial charge on any atom is 0.255 e. The molecule has 1 aromatic heterocycles. The normalized spacial score (nSPS) is 13.6. The van der Waals surface area contributed by atoms with Crippen LogP contribution in [0.5, 0.6) is 0 Å². The summed E-state index contributed by atoms with van der Waals surface area (Å²) in [4.78, 5) is 22.9. The molecule has 0 spiro atoms. The Morgan fingerprint density at radius 2 is 2.20 bits per heavy atom. The third-order valence-electron chi connectivity index (χ3n) is 3.80. The van der Waals surface area contributed by atoms with Crippen molar-refractivity contribution in [1.82, 2.24) is 14.9 Å². The number of nitrogens with one attached hydrogen (secondary N) is 2. The number of fused-ring (bicyclic) bond motifs is 1. The van der Waals surface area contributed by atoms with Gasteiger partial charge < -0.3 is 10.3 Å². The van der Waals surface area contributed by atoms with E-state index in [1.165, 1.54) is 12.5 Å². The molecule has 2 N–H and O–H groups in total. The second-order valence-electron chi connectivity index (χ2n) is 5.28. The molecule has 2 aromatic rings. The molecule has 128 valence electrons. The minimum Gasteiger partial charge on any atom is -0.332 e. The van der Waals surface area contributed by atoms with Crippen LogP contribution < -0.4 is 5.43 Å². The Balaban J connectivity index is 1.83. The third kappa shape index (κ3) is 3.62. The molecule has 0 fully saturated rings. The Morgan fingerprint density at radius 3 is 3.00 bits per heavy atom. The van der Waals surface area contributed by atoms with Crippen LogP contribution in [0.3, 0.4) is 0 Å². The highest BCUT2D eigenvalue weighted by Crippen LogP contribution is 2.29. The molecular formula is C16H14Cl2N6O. The highest BCUT2D eigenvalue weighted by molar-refractivity contribution is 6.43. The molecule has 25 heavy (non-hydrogen) atoms. The largest absolute Gasteiger partial charge is 0.332 e. The zero-order valence-electron chi connectivity index (χ0n) is 13.0. The summed E-state index contributed by atoms with van der Waals surface area (Å²) in [5.41, 5.74) is 4.83. The number of rotatable bonds is 4.